The number of para-hydroxylation sites is 1. The molecule has 0 aliphatic heterocycles. The van der Waals surface area contributed by atoms with E-state index in [1.165, 1.54) is 6.07 Å². The lowest BCUT2D eigenvalue weighted by atomic mass is 9.99. The number of pyridine rings is 1. The number of fused-ring (bicyclic) bond motifs is 1. The van der Waals surface area contributed by atoms with Gasteiger partial charge in [0.25, 0.3) is 0 Å². The van der Waals surface area contributed by atoms with Gasteiger partial charge in [-0.15, -0.1) is 0 Å². The molecule has 0 bridgehead atoms. The number of rotatable bonds is 6. The Morgan fingerprint density at radius 1 is 1.15 bits per heavy atom. The highest BCUT2D eigenvalue weighted by atomic mass is 19.4. The fourth-order valence-corrected chi connectivity index (χ4v) is 2.71. The molecule has 2 aromatic rings. The average molecular weight is 395 g/mol. The number of hydrogen-bond acceptors (Lipinski definition) is 4. The second-order valence-corrected chi connectivity index (χ2v) is 6.18. The van der Waals surface area contributed by atoms with Crippen LogP contribution in [-0.4, -0.2) is 48.7 Å². The van der Waals surface area contributed by atoms with Crippen LogP contribution in [-0.2, 0) is 12.4 Å². The van der Waals surface area contributed by atoms with Crippen molar-refractivity contribution in [2.45, 2.75) is 18.5 Å². The molecule has 1 aromatic carbocycles. The first-order valence-electron chi connectivity index (χ1n) is 8.04. The van der Waals surface area contributed by atoms with Gasteiger partial charge in [0.1, 0.15) is 5.69 Å². The van der Waals surface area contributed by atoms with Gasteiger partial charge in [-0.3, -0.25) is 0 Å². The summed E-state index contributed by atoms with van der Waals surface area (Å²) >= 11 is 0. The topological polar surface area (TPSA) is 48.4 Å². The van der Waals surface area contributed by atoms with Crippen LogP contribution in [0.3, 0.4) is 0 Å². The Bertz CT molecular complexity index is 791. The molecule has 0 saturated heterocycles. The van der Waals surface area contributed by atoms with Crippen LogP contribution in [0.5, 0.6) is 0 Å². The Balaban J connectivity index is 2.60. The zero-order chi connectivity index (χ0) is 20.4. The van der Waals surface area contributed by atoms with E-state index < -0.39 is 35.2 Å². The third-order valence-corrected chi connectivity index (χ3v) is 4.05. The minimum atomic E-state index is -4.95. The van der Waals surface area contributed by atoms with Gasteiger partial charge in [-0.25, -0.2) is 4.98 Å². The number of aliphatic hydroxyl groups excluding tert-OH is 1. The maximum Gasteiger partial charge on any atom is 0.433 e. The van der Waals surface area contributed by atoms with E-state index in [1.54, 1.807) is 19.0 Å². The van der Waals surface area contributed by atoms with Crippen molar-refractivity contribution in [1.82, 2.24) is 15.2 Å². The summed E-state index contributed by atoms with van der Waals surface area (Å²) in [5.41, 5.74) is -3.82. The number of nitrogens with one attached hydrogen (secondary N) is 1. The minimum Gasteiger partial charge on any atom is -0.387 e. The van der Waals surface area contributed by atoms with Crippen LogP contribution in [0.25, 0.3) is 10.9 Å². The van der Waals surface area contributed by atoms with Gasteiger partial charge in [0, 0.05) is 25.0 Å². The van der Waals surface area contributed by atoms with Gasteiger partial charge in [0.05, 0.1) is 17.2 Å². The van der Waals surface area contributed by atoms with Crippen LogP contribution >= 0.6 is 0 Å². The summed E-state index contributed by atoms with van der Waals surface area (Å²) in [5, 5.41) is 13.2. The van der Waals surface area contributed by atoms with Gasteiger partial charge in [0.2, 0.25) is 0 Å². The zero-order valence-corrected chi connectivity index (χ0v) is 14.6. The highest BCUT2D eigenvalue weighted by molar-refractivity contribution is 5.86. The Morgan fingerprint density at radius 3 is 2.37 bits per heavy atom. The zero-order valence-electron chi connectivity index (χ0n) is 14.6. The maximum absolute atomic E-state index is 13.2. The van der Waals surface area contributed by atoms with E-state index >= 15 is 0 Å². The average Bonchev–Trinajstić information content (AvgIpc) is 2.56. The van der Waals surface area contributed by atoms with Crippen molar-refractivity contribution in [3.8, 4) is 0 Å². The second-order valence-electron chi connectivity index (χ2n) is 6.18. The summed E-state index contributed by atoms with van der Waals surface area (Å²) in [6, 6.07) is 3.59. The highest BCUT2D eigenvalue weighted by Crippen LogP contribution is 2.38. The molecule has 1 unspecified atom stereocenters. The summed E-state index contributed by atoms with van der Waals surface area (Å²) in [4.78, 5) is 4.87. The molecule has 0 spiro atoms. The number of halogens is 6. The largest absolute Gasteiger partial charge is 0.433 e. The maximum atomic E-state index is 13.2. The molecular weight excluding hydrogens is 376 g/mol. The summed E-state index contributed by atoms with van der Waals surface area (Å²) in [6.45, 7) is 1.02. The summed E-state index contributed by atoms with van der Waals surface area (Å²) in [7, 11) is 3.37. The number of hydrogen-bond donors (Lipinski definition) is 2. The van der Waals surface area contributed by atoms with Crippen molar-refractivity contribution in [3.63, 3.8) is 0 Å². The second kappa shape index (κ2) is 7.99. The highest BCUT2D eigenvalue weighted by Gasteiger charge is 2.38. The number of nitrogens with zero attached hydrogens (tertiary/aromatic N) is 2. The molecule has 150 valence electrons. The van der Waals surface area contributed by atoms with Gasteiger partial charge in [-0.05, 0) is 31.8 Å². The molecule has 10 heteroatoms. The third kappa shape index (κ3) is 5.08. The van der Waals surface area contributed by atoms with Crippen LogP contribution in [0.4, 0.5) is 26.3 Å². The molecule has 2 N–H and O–H groups in total. The monoisotopic (exact) mass is 395 g/mol. The van der Waals surface area contributed by atoms with Crippen molar-refractivity contribution in [1.29, 1.82) is 0 Å². The quantitative estimate of drug-likeness (QED) is 0.736. The predicted octanol–water partition coefficient (Wildman–Crippen LogP) is 3.46. The molecule has 1 heterocycles. The summed E-state index contributed by atoms with van der Waals surface area (Å²) in [5.74, 6) is 0. The van der Waals surface area contributed by atoms with Crippen molar-refractivity contribution in [2.24, 2.45) is 0 Å². The number of aromatic nitrogens is 1. The van der Waals surface area contributed by atoms with Gasteiger partial charge in [0.15, 0.2) is 0 Å². The predicted molar refractivity (Wildman–Crippen MR) is 88.1 cm³/mol. The lowest BCUT2D eigenvalue weighted by Crippen LogP contribution is -2.31. The Kier molecular flexibility index (Phi) is 6.33. The molecule has 4 nitrogen and oxygen atoms in total. The van der Waals surface area contributed by atoms with Crippen LogP contribution in [0.15, 0.2) is 24.3 Å². The minimum absolute atomic E-state index is 0.0473. The number of aliphatic hydroxyl groups is 1. The standard InChI is InChI=1S/C17H19F6N3O/c1-24-6-7-26(2)9-13(27)11-8-14(17(21,22)23)25-15-10(11)4-3-5-12(15)16(18,19)20/h3-5,8,13,24,27H,6-7,9H2,1-2H3. The Hall–Kier alpha value is -1.91. The first-order valence-corrected chi connectivity index (χ1v) is 8.04. The fourth-order valence-electron chi connectivity index (χ4n) is 2.71. The summed E-state index contributed by atoms with van der Waals surface area (Å²) in [6.07, 6.45) is -11.2. The van der Waals surface area contributed by atoms with Gasteiger partial charge in [-0.2, -0.15) is 26.3 Å². The van der Waals surface area contributed by atoms with E-state index in [4.69, 9.17) is 0 Å². The van der Waals surface area contributed by atoms with Crippen LogP contribution in [0.2, 0.25) is 0 Å². The molecule has 0 saturated carbocycles. The van der Waals surface area contributed by atoms with Gasteiger partial charge in [-0.1, -0.05) is 12.1 Å². The van der Waals surface area contributed by atoms with E-state index in [0.717, 1.165) is 6.07 Å². The molecular formula is C17H19F6N3O. The fraction of sp³-hybridized carbons (Fsp3) is 0.471. The Morgan fingerprint density at radius 2 is 1.81 bits per heavy atom. The number of alkyl halides is 6. The van der Waals surface area contributed by atoms with Gasteiger partial charge >= 0.3 is 12.4 Å². The molecule has 0 fully saturated rings. The van der Waals surface area contributed by atoms with Crippen LogP contribution < -0.4 is 5.32 Å². The Labute approximate surface area is 151 Å². The summed E-state index contributed by atoms with van der Waals surface area (Å²) < 4.78 is 79.2. The van der Waals surface area contributed by atoms with Crippen molar-refractivity contribution in [3.05, 3.63) is 41.1 Å². The molecule has 1 aromatic heterocycles. The number of benzene rings is 1. The van der Waals surface area contributed by atoms with E-state index in [0.29, 0.717) is 25.2 Å². The number of likely N-dealkylation sites (N-methyl/N-ethyl adjacent to an activating group) is 2. The van der Waals surface area contributed by atoms with Crippen molar-refractivity contribution < 1.29 is 31.4 Å². The van der Waals surface area contributed by atoms with E-state index in [-0.39, 0.29) is 17.5 Å². The van der Waals surface area contributed by atoms with Crippen molar-refractivity contribution >= 4 is 10.9 Å². The van der Waals surface area contributed by atoms with Crippen molar-refractivity contribution in [2.75, 3.05) is 33.7 Å². The van der Waals surface area contributed by atoms with Crippen LogP contribution in [0.1, 0.15) is 22.9 Å². The SMILES string of the molecule is CNCCN(C)CC(O)c1cc(C(F)(F)F)nc2c(C(F)(F)F)cccc12. The molecule has 0 amide bonds. The molecule has 2 rings (SSSR count). The normalized spacial score (nSPS) is 14.1. The molecule has 1 atom stereocenters. The lowest BCUT2D eigenvalue weighted by molar-refractivity contribution is -0.142. The third-order valence-electron chi connectivity index (χ3n) is 4.05. The molecule has 27 heavy (non-hydrogen) atoms. The molecule has 0 aliphatic rings. The van der Waals surface area contributed by atoms with E-state index in [1.807, 2.05) is 0 Å². The molecule has 0 aliphatic carbocycles. The van der Waals surface area contributed by atoms with E-state index in [2.05, 4.69) is 10.3 Å². The molecule has 0 radical (unpaired) electrons. The first kappa shape index (κ1) is 21.4. The van der Waals surface area contributed by atoms with Crippen LogP contribution in [0, 0.1) is 0 Å². The first-order chi connectivity index (χ1) is 12.4. The van der Waals surface area contributed by atoms with E-state index in [9.17, 15) is 31.4 Å². The lowest BCUT2D eigenvalue weighted by Gasteiger charge is -2.23. The van der Waals surface area contributed by atoms with Gasteiger partial charge < -0.3 is 15.3 Å². The smallest absolute Gasteiger partial charge is 0.387 e.